The van der Waals surface area contributed by atoms with Crippen LogP contribution in [0, 0.1) is 46.3 Å². The first-order valence-electron chi connectivity index (χ1n) is 13.2. The molecule has 1 unspecified atom stereocenters. The number of aliphatic hydroxyl groups excluding tert-OH is 1. The van der Waals surface area contributed by atoms with Crippen LogP contribution in [0.15, 0.2) is 23.3 Å². The minimum Gasteiger partial charge on any atom is -0.393 e. The van der Waals surface area contributed by atoms with E-state index in [9.17, 15) is 5.11 Å². The normalized spacial score (nSPS) is 44.5. The van der Waals surface area contributed by atoms with Gasteiger partial charge in [0.05, 0.1) is 6.10 Å². The molecule has 30 heavy (non-hydrogen) atoms. The highest BCUT2D eigenvalue weighted by atomic mass is 16.3. The van der Waals surface area contributed by atoms with Crippen molar-refractivity contribution in [2.24, 2.45) is 46.3 Å². The Kier molecular flexibility index (Phi) is 6.10. The largest absolute Gasteiger partial charge is 0.393 e. The van der Waals surface area contributed by atoms with E-state index in [0.29, 0.717) is 28.6 Å². The standard InChI is InChI=1S/C29H48O/c1-18(2)19(3)8-9-20(4)23-12-13-25-22-10-11-24-21(5)27(30)15-17-29(24,7)26(22)14-16-28(23,25)6/h18,20-21,23-25,27,30H,3,8-17H2,1-2,4-7H3/t20-,21+,23?,24+,25+,27+,28-,29+/m1/s1. The molecule has 0 spiro atoms. The maximum absolute atomic E-state index is 10.5. The smallest absolute Gasteiger partial charge is 0.0569 e. The molecule has 170 valence electrons. The van der Waals surface area contributed by atoms with Crippen LogP contribution in [0.2, 0.25) is 0 Å². The van der Waals surface area contributed by atoms with Crippen LogP contribution in [0.4, 0.5) is 0 Å². The summed E-state index contributed by atoms with van der Waals surface area (Å²) in [6.07, 6.45) is 12.9. The van der Waals surface area contributed by atoms with Gasteiger partial charge in [-0.05, 0) is 111 Å². The van der Waals surface area contributed by atoms with E-state index in [2.05, 4.69) is 48.1 Å². The highest BCUT2D eigenvalue weighted by Crippen LogP contribution is 2.66. The van der Waals surface area contributed by atoms with Crippen molar-refractivity contribution < 1.29 is 5.11 Å². The highest BCUT2D eigenvalue weighted by molar-refractivity contribution is 5.34. The van der Waals surface area contributed by atoms with E-state index in [1.165, 1.54) is 63.4 Å². The lowest BCUT2D eigenvalue weighted by atomic mass is 9.49. The van der Waals surface area contributed by atoms with Gasteiger partial charge in [-0.25, -0.2) is 0 Å². The van der Waals surface area contributed by atoms with Gasteiger partial charge >= 0.3 is 0 Å². The van der Waals surface area contributed by atoms with E-state index < -0.39 is 0 Å². The zero-order valence-electron chi connectivity index (χ0n) is 20.8. The molecule has 1 nitrogen and oxygen atoms in total. The summed E-state index contributed by atoms with van der Waals surface area (Å²) < 4.78 is 0. The van der Waals surface area contributed by atoms with Crippen molar-refractivity contribution in [1.29, 1.82) is 0 Å². The zero-order valence-corrected chi connectivity index (χ0v) is 20.8. The van der Waals surface area contributed by atoms with Gasteiger partial charge in [0.2, 0.25) is 0 Å². The summed E-state index contributed by atoms with van der Waals surface area (Å²) in [5.74, 6) is 4.32. The Bertz CT molecular complexity index is 701. The molecule has 2 fully saturated rings. The van der Waals surface area contributed by atoms with Crippen molar-refractivity contribution in [2.45, 2.75) is 112 Å². The minimum atomic E-state index is -0.0728. The van der Waals surface area contributed by atoms with E-state index in [1.807, 2.05) is 11.1 Å². The molecule has 4 aliphatic carbocycles. The third-order valence-electron chi connectivity index (χ3n) is 11.0. The summed E-state index contributed by atoms with van der Waals surface area (Å²) in [5.41, 5.74) is 6.08. The molecule has 0 aromatic rings. The van der Waals surface area contributed by atoms with Gasteiger partial charge < -0.3 is 5.11 Å². The second kappa shape index (κ2) is 8.09. The molecular weight excluding hydrogens is 364 g/mol. The molecular formula is C29H48O. The van der Waals surface area contributed by atoms with E-state index in [-0.39, 0.29) is 6.10 Å². The fourth-order valence-corrected chi connectivity index (χ4v) is 8.79. The molecule has 4 aliphatic rings. The van der Waals surface area contributed by atoms with Crippen LogP contribution in [0.25, 0.3) is 0 Å². The summed E-state index contributed by atoms with van der Waals surface area (Å²) >= 11 is 0. The summed E-state index contributed by atoms with van der Waals surface area (Å²) in [5, 5.41) is 10.5. The molecule has 2 saturated carbocycles. The average Bonchev–Trinajstić information content (AvgIpc) is 3.06. The quantitative estimate of drug-likeness (QED) is 0.454. The van der Waals surface area contributed by atoms with Crippen LogP contribution in [-0.2, 0) is 0 Å². The number of rotatable bonds is 5. The Hall–Kier alpha value is -0.560. The molecule has 1 heteroatoms. The van der Waals surface area contributed by atoms with Crippen molar-refractivity contribution in [3.63, 3.8) is 0 Å². The fourth-order valence-electron chi connectivity index (χ4n) is 8.79. The van der Waals surface area contributed by atoms with Crippen molar-refractivity contribution >= 4 is 0 Å². The first-order valence-corrected chi connectivity index (χ1v) is 13.2. The molecule has 0 aliphatic heterocycles. The molecule has 0 aromatic heterocycles. The summed E-state index contributed by atoms with van der Waals surface area (Å²) in [7, 11) is 0. The molecule has 0 aromatic carbocycles. The van der Waals surface area contributed by atoms with Crippen LogP contribution >= 0.6 is 0 Å². The topological polar surface area (TPSA) is 20.2 Å². The van der Waals surface area contributed by atoms with E-state index in [1.54, 1.807) is 0 Å². The van der Waals surface area contributed by atoms with Crippen LogP contribution in [0.3, 0.4) is 0 Å². The maximum atomic E-state index is 10.5. The summed E-state index contributed by atoms with van der Waals surface area (Å²) in [6, 6.07) is 0. The molecule has 0 bridgehead atoms. The van der Waals surface area contributed by atoms with Gasteiger partial charge in [-0.3, -0.25) is 0 Å². The van der Waals surface area contributed by atoms with E-state index >= 15 is 0 Å². The van der Waals surface area contributed by atoms with Crippen molar-refractivity contribution in [3.05, 3.63) is 23.3 Å². The average molecular weight is 413 g/mol. The Morgan fingerprint density at radius 1 is 1.07 bits per heavy atom. The number of hydrogen-bond donors (Lipinski definition) is 1. The second-order valence-corrected chi connectivity index (χ2v) is 12.6. The Labute approximate surface area is 186 Å². The van der Waals surface area contributed by atoms with Crippen LogP contribution < -0.4 is 0 Å². The zero-order chi connectivity index (χ0) is 21.8. The van der Waals surface area contributed by atoms with E-state index in [0.717, 1.165) is 24.2 Å². The van der Waals surface area contributed by atoms with Crippen LogP contribution in [0.5, 0.6) is 0 Å². The highest BCUT2D eigenvalue weighted by Gasteiger charge is 2.56. The lowest BCUT2D eigenvalue weighted by Crippen LogP contribution is -2.49. The number of aliphatic hydroxyl groups is 1. The first-order chi connectivity index (χ1) is 14.1. The lowest BCUT2D eigenvalue weighted by molar-refractivity contribution is -0.0336. The predicted octanol–water partition coefficient (Wildman–Crippen LogP) is 7.94. The number of allylic oxidation sites excluding steroid dienone is 3. The molecule has 0 saturated heterocycles. The Morgan fingerprint density at radius 2 is 1.80 bits per heavy atom. The summed E-state index contributed by atoms with van der Waals surface area (Å²) in [6.45, 7) is 19.0. The van der Waals surface area contributed by atoms with Gasteiger partial charge in [0.25, 0.3) is 0 Å². The van der Waals surface area contributed by atoms with Gasteiger partial charge in [0.1, 0.15) is 0 Å². The van der Waals surface area contributed by atoms with Crippen molar-refractivity contribution in [1.82, 2.24) is 0 Å². The third-order valence-corrected chi connectivity index (χ3v) is 11.0. The maximum Gasteiger partial charge on any atom is 0.0569 e. The Balaban J connectivity index is 1.54. The molecule has 1 N–H and O–H groups in total. The van der Waals surface area contributed by atoms with E-state index in [4.69, 9.17) is 0 Å². The molecule has 8 atom stereocenters. The number of fused-ring (bicyclic) bond motifs is 4. The predicted molar refractivity (Wildman–Crippen MR) is 128 cm³/mol. The lowest BCUT2D eigenvalue weighted by Gasteiger charge is -2.56. The van der Waals surface area contributed by atoms with Gasteiger partial charge in [-0.15, -0.1) is 0 Å². The van der Waals surface area contributed by atoms with Crippen LogP contribution in [-0.4, -0.2) is 11.2 Å². The molecule has 0 radical (unpaired) electrons. The SMILES string of the molecule is C=C(CC[C@@H](C)C1CC[C@H]2C3=C(CC[C@]12C)[C@@]1(C)CC[C@H](O)[C@@H](C)[C@@H]1CC3)C(C)C. The molecule has 4 rings (SSSR count). The Morgan fingerprint density at radius 3 is 2.50 bits per heavy atom. The fraction of sp³-hybridized carbons (Fsp3) is 0.862. The first kappa shape index (κ1) is 22.6. The number of hydrogen-bond acceptors (Lipinski definition) is 1. The van der Waals surface area contributed by atoms with Gasteiger partial charge in [-0.1, -0.05) is 64.8 Å². The van der Waals surface area contributed by atoms with Gasteiger partial charge in [0.15, 0.2) is 0 Å². The molecule has 0 heterocycles. The molecule has 0 amide bonds. The van der Waals surface area contributed by atoms with Crippen molar-refractivity contribution in [3.8, 4) is 0 Å². The van der Waals surface area contributed by atoms with Crippen molar-refractivity contribution in [2.75, 3.05) is 0 Å². The van der Waals surface area contributed by atoms with Gasteiger partial charge in [0, 0.05) is 0 Å². The third kappa shape index (κ3) is 3.46. The monoisotopic (exact) mass is 412 g/mol. The van der Waals surface area contributed by atoms with Crippen LogP contribution in [0.1, 0.15) is 106 Å². The second-order valence-electron chi connectivity index (χ2n) is 12.6. The van der Waals surface area contributed by atoms with Gasteiger partial charge in [-0.2, -0.15) is 0 Å². The summed E-state index contributed by atoms with van der Waals surface area (Å²) in [4.78, 5) is 0. The minimum absolute atomic E-state index is 0.0728.